The number of Topliss-reactive ketones (excluding diaryl/α,β-unsaturated/α-hetero) is 1. The molecule has 0 bridgehead atoms. The van der Waals surface area contributed by atoms with Gasteiger partial charge in [0.05, 0.1) is 15.6 Å². The molecule has 0 aliphatic carbocycles. The zero-order valence-electron chi connectivity index (χ0n) is 11.5. The summed E-state index contributed by atoms with van der Waals surface area (Å²) in [5, 5.41) is 1.03. The number of hydrogen-bond donors (Lipinski definition) is 0. The van der Waals surface area contributed by atoms with Crippen LogP contribution in [0.2, 0.25) is 0 Å². The first-order valence-electron chi connectivity index (χ1n) is 6.31. The third-order valence-corrected chi connectivity index (χ3v) is 4.34. The number of para-hydroxylation sites is 1. The quantitative estimate of drug-likeness (QED) is 0.784. The topological polar surface area (TPSA) is 33.2 Å². The average molecular weight is 274 g/mol. The summed E-state index contributed by atoms with van der Waals surface area (Å²) in [6, 6.07) is 10.3. The number of ketones is 1. The summed E-state index contributed by atoms with van der Waals surface area (Å²) in [4.78, 5) is 18.9. The van der Waals surface area contributed by atoms with Crippen molar-refractivity contribution in [2.24, 2.45) is 0 Å². The number of benzene rings is 1. The second-order valence-corrected chi connectivity index (χ2v) is 5.67. The summed E-state index contributed by atoms with van der Waals surface area (Å²) >= 11 is 1.52. The normalized spacial score (nSPS) is 10.5. The van der Waals surface area contributed by atoms with Crippen LogP contribution in [0.1, 0.15) is 27.3 Å². The predicted octanol–water partition coefficient (Wildman–Crippen LogP) is 3.33. The molecule has 1 heterocycles. The smallest absolute Gasteiger partial charge is 0.171 e. The van der Waals surface area contributed by atoms with Crippen molar-refractivity contribution < 1.29 is 4.79 Å². The van der Waals surface area contributed by atoms with Crippen molar-refractivity contribution in [3.8, 4) is 0 Å². The van der Waals surface area contributed by atoms with Gasteiger partial charge in [-0.15, -0.1) is 11.3 Å². The summed E-state index contributed by atoms with van der Waals surface area (Å²) in [6.07, 6.45) is 0.865. The van der Waals surface area contributed by atoms with E-state index < -0.39 is 0 Å². The molecule has 0 aliphatic rings. The highest BCUT2D eigenvalue weighted by Crippen LogP contribution is 2.20. The van der Waals surface area contributed by atoms with E-state index in [-0.39, 0.29) is 5.78 Å². The maximum atomic E-state index is 11.4. The zero-order valence-corrected chi connectivity index (χ0v) is 12.3. The first kappa shape index (κ1) is 13.7. The Morgan fingerprint density at radius 1 is 1.32 bits per heavy atom. The molecule has 0 fully saturated rings. The van der Waals surface area contributed by atoms with E-state index in [1.807, 2.05) is 25.1 Å². The molecule has 0 atom stereocenters. The van der Waals surface area contributed by atoms with Crippen LogP contribution in [0.15, 0.2) is 30.3 Å². The third-order valence-electron chi connectivity index (χ3n) is 3.02. The van der Waals surface area contributed by atoms with Gasteiger partial charge < -0.3 is 4.90 Å². The molecule has 4 heteroatoms. The molecule has 0 unspecified atom stereocenters. The van der Waals surface area contributed by atoms with Gasteiger partial charge in [0.15, 0.2) is 5.78 Å². The average Bonchev–Trinajstić information content (AvgIpc) is 2.78. The third kappa shape index (κ3) is 3.41. The van der Waals surface area contributed by atoms with Crippen LogP contribution in [-0.4, -0.2) is 24.4 Å². The van der Waals surface area contributed by atoms with Gasteiger partial charge in [-0.3, -0.25) is 4.79 Å². The Kier molecular flexibility index (Phi) is 4.32. The van der Waals surface area contributed by atoms with Crippen molar-refractivity contribution in [2.45, 2.75) is 20.3 Å². The Balaban J connectivity index is 1.99. The summed E-state index contributed by atoms with van der Waals surface area (Å²) in [6.45, 7) is 4.40. The van der Waals surface area contributed by atoms with E-state index >= 15 is 0 Å². The number of carbonyl (C=O) groups is 1. The number of rotatable bonds is 5. The van der Waals surface area contributed by atoms with Gasteiger partial charge >= 0.3 is 0 Å². The van der Waals surface area contributed by atoms with Gasteiger partial charge in [0.2, 0.25) is 0 Å². The molecule has 0 saturated carbocycles. The summed E-state index contributed by atoms with van der Waals surface area (Å²) in [7, 11) is 2.07. The molecule has 0 saturated heterocycles. The van der Waals surface area contributed by atoms with Crippen molar-refractivity contribution in [1.29, 1.82) is 0 Å². The Morgan fingerprint density at radius 2 is 2.00 bits per heavy atom. The SMILES string of the molecule is CC(=O)c1sc(CCN(C)c2ccccc2)nc1C. The van der Waals surface area contributed by atoms with Crippen LogP contribution < -0.4 is 4.90 Å². The summed E-state index contributed by atoms with van der Waals surface area (Å²) in [5.41, 5.74) is 2.05. The molecule has 0 radical (unpaired) electrons. The highest BCUT2D eigenvalue weighted by atomic mass is 32.1. The molecule has 2 aromatic rings. The highest BCUT2D eigenvalue weighted by Gasteiger charge is 2.11. The monoisotopic (exact) mass is 274 g/mol. The lowest BCUT2D eigenvalue weighted by molar-refractivity contribution is 0.102. The maximum absolute atomic E-state index is 11.4. The van der Waals surface area contributed by atoms with Crippen LogP contribution in [0.3, 0.4) is 0 Å². The molecule has 100 valence electrons. The predicted molar refractivity (Wildman–Crippen MR) is 80.3 cm³/mol. The van der Waals surface area contributed by atoms with Gasteiger partial charge in [-0.05, 0) is 19.1 Å². The fourth-order valence-electron chi connectivity index (χ4n) is 1.96. The van der Waals surface area contributed by atoms with Crippen LogP contribution in [0.5, 0.6) is 0 Å². The van der Waals surface area contributed by atoms with Gasteiger partial charge in [-0.1, -0.05) is 18.2 Å². The van der Waals surface area contributed by atoms with E-state index in [1.54, 1.807) is 6.92 Å². The largest absolute Gasteiger partial charge is 0.374 e. The Hall–Kier alpha value is -1.68. The molecule has 0 aliphatic heterocycles. The molecule has 3 nitrogen and oxygen atoms in total. The number of nitrogens with zero attached hydrogens (tertiary/aromatic N) is 2. The van der Waals surface area contributed by atoms with E-state index in [0.717, 1.165) is 28.5 Å². The highest BCUT2D eigenvalue weighted by molar-refractivity contribution is 7.13. The Labute approximate surface area is 117 Å². The summed E-state index contributed by atoms with van der Waals surface area (Å²) < 4.78 is 0. The van der Waals surface area contributed by atoms with Gasteiger partial charge in [-0.25, -0.2) is 4.98 Å². The number of thiazole rings is 1. The lowest BCUT2D eigenvalue weighted by atomic mass is 10.3. The first-order chi connectivity index (χ1) is 9.08. The number of carbonyl (C=O) groups excluding carboxylic acids is 1. The minimum absolute atomic E-state index is 0.109. The van der Waals surface area contributed by atoms with Gasteiger partial charge in [0.25, 0.3) is 0 Å². The zero-order chi connectivity index (χ0) is 13.8. The van der Waals surface area contributed by atoms with Crippen molar-refractivity contribution in [3.63, 3.8) is 0 Å². The molecule has 0 amide bonds. The molecule has 1 aromatic heterocycles. The Morgan fingerprint density at radius 3 is 2.58 bits per heavy atom. The first-order valence-corrected chi connectivity index (χ1v) is 7.13. The van der Waals surface area contributed by atoms with Crippen LogP contribution >= 0.6 is 11.3 Å². The minimum atomic E-state index is 0.109. The van der Waals surface area contributed by atoms with E-state index in [0.29, 0.717) is 0 Å². The van der Waals surface area contributed by atoms with Crippen molar-refractivity contribution in [3.05, 3.63) is 45.9 Å². The van der Waals surface area contributed by atoms with E-state index in [4.69, 9.17) is 0 Å². The van der Waals surface area contributed by atoms with Crippen molar-refractivity contribution in [2.75, 3.05) is 18.5 Å². The minimum Gasteiger partial charge on any atom is -0.374 e. The number of aromatic nitrogens is 1. The molecule has 0 N–H and O–H groups in total. The summed E-state index contributed by atoms with van der Waals surface area (Å²) in [5.74, 6) is 0.109. The van der Waals surface area contributed by atoms with E-state index in [2.05, 4.69) is 29.1 Å². The van der Waals surface area contributed by atoms with Crippen LogP contribution in [-0.2, 0) is 6.42 Å². The maximum Gasteiger partial charge on any atom is 0.171 e. The number of likely N-dealkylation sites (N-methyl/N-ethyl adjacent to an activating group) is 1. The Bertz CT molecular complexity index is 563. The molecule has 0 spiro atoms. The second-order valence-electron chi connectivity index (χ2n) is 4.59. The van der Waals surface area contributed by atoms with Crippen LogP contribution in [0.25, 0.3) is 0 Å². The van der Waals surface area contributed by atoms with Crippen LogP contribution in [0.4, 0.5) is 5.69 Å². The van der Waals surface area contributed by atoms with Crippen LogP contribution in [0, 0.1) is 6.92 Å². The molecule has 2 rings (SSSR count). The van der Waals surface area contributed by atoms with Gasteiger partial charge in [0, 0.05) is 32.6 Å². The van der Waals surface area contributed by atoms with Crippen molar-refractivity contribution >= 4 is 22.8 Å². The van der Waals surface area contributed by atoms with E-state index in [1.165, 1.54) is 17.0 Å². The number of aryl methyl sites for hydroxylation is 1. The molecule has 19 heavy (non-hydrogen) atoms. The van der Waals surface area contributed by atoms with Gasteiger partial charge in [-0.2, -0.15) is 0 Å². The van der Waals surface area contributed by atoms with E-state index in [9.17, 15) is 4.79 Å². The molecular weight excluding hydrogens is 256 g/mol. The molecule has 1 aromatic carbocycles. The lowest BCUT2D eigenvalue weighted by Crippen LogP contribution is -2.19. The standard InChI is InChI=1S/C15H18N2OS/c1-11-15(12(2)18)19-14(16-11)9-10-17(3)13-7-5-4-6-8-13/h4-8H,9-10H2,1-3H3. The molecular formula is C15H18N2OS. The fraction of sp³-hybridized carbons (Fsp3) is 0.333. The van der Waals surface area contributed by atoms with Gasteiger partial charge in [0.1, 0.15) is 0 Å². The fourth-order valence-corrected chi connectivity index (χ4v) is 2.91. The van der Waals surface area contributed by atoms with Crippen molar-refractivity contribution in [1.82, 2.24) is 4.98 Å². The lowest BCUT2D eigenvalue weighted by Gasteiger charge is -2.18. The second kappa shape index (κ2) is 5.97. The number of hydrogen-bond acceptors (Lipinski definition) is 4. The number of anilines is 1.